The summed E-state index contributed by atoms with van der Waals surface area (Å²) in [5.41, 5.74) is 0.00660. The second-order valence-electron chi connectivity index (χ2n) is 7.26. The summed E-state index contributed by atoms with van der Waals surface area (Å²) in [5, 5.41) is 2.91. The molecule has 27 heavy (non-hydrogen) atoms. The molecule has 1 saturated carbocycles. The first-order chi connectivity index (χ1) is 13.0. The van der Waals surface area contributed by atoms with Crippen molar-refractivity contribution in [2.24, 2.45) is 5.92 Å². The Bertz CT molecular complexity index is 660. The van der Waals surface area contributed by atoms with Crippen LogP contribution >= 0.6 is 0 Å². The molecule has 0 aromatic heterocycles. The van der Waals surface area contributed by atoms with E-state index < -0.39 is 11.6 Å². The van der Waals surface area contributed by atoms with Crippen LogP contribution in [0.5, 0.6) is 5.75 Å². The van der Waals surface area contributed by atoms with Crippen LogP contribution in [0.4, 0.5) is 5.69 Å². The van der Waals surface area contributed by atoms with Crippen LogP contribution in [0.1, 0.15) is 62.7 Å². The van der Waals surface area contributed by atoms with Gasteiger partial charge in [-0.15, -0.1) is 0 Å². The molecule has 1 aliphatic carbocycles. The third kappa shape index (κ3) is 5.22. The van der Waals surface area contributed by atoms with Crippen molar-refractivity contribution < 1.29 is 23.8 Å². The predicted octanol–water partition coefficient (Wildman–Crippen LogP) is 4.19. The first-order valence-electron chi connectivity index (χ1n) is 9.67. The van der Waals surface area contributed by atoms with Gasteiger partial charge in [-0.1, -0.05) is 26.7 Å². The molecule has 1 fully saturated rings. The number of rotatable bonds is 8. The number of benzene rings is 1. The Hall–Kier alpha value is -2.08. The van der Waals surface area contributed by atoms with Crippen molar-refractivity contribution in [3.05, 3.63) is 23.8 Å². The zero-order valence-corrected chi connectivity index (χ0v) is 16.8. The molecule has 0 unspecified atom stereocenters. The van der Waals surface area contributed by atoms with Crippen LogP contribution in [-0.2, 0) is 14.3 Å². The predicted molar refractivity (Wildman–Crippen MR) is 104 cm³/mol. The second-order valence-corrected chi connectivity index (χ2v) is 7.26. The van der Waals surface area contributed by atoms with Gasteiger partial charge in [0.25, 0.3) is 5.91 Å². The Morgan fingerprint density at radius 2 is 2.07 bits per heavy atom. The van der Waals surface area contributed by atoms with Crippen molar-refractivity contribution in [3.63, 3.8) is 0 Å². The van der Waals surface area contributed by atoms with Crippen molar-refractivity contribution in [3.8, 4) is 5.75 Å². The molecule has 2 rings (SSSR count). The zero-order chi connectivity index (χ0) is 19.9. The molecule has 2 atom stereocenters. The largest absolute Gasteiger partial charge is 0.493 e. The molecular weight excluding hydrogens is 346 g/mol. The van der Waals surface area contributed by atoms with Crippen molar-refractivity contribution in [2.75, 3.05) is 26.1 Å². The highest BCUT2D eigenvalue weighted by molar-refractivity contribution is 5.99. The van der Waals surface area contributed by atoms with Gasteiger partial charge in [-0.05, 0) is 49.8 Å². The molecule has 150 valence electrons. The average Bonchev–Trinajstić information content (AvgIpc) is 2.68. The maximum absolute atomic E-state index is 12.9. The number of amides is 1. The quantitative estimate of drug-likeness (QED) is 0.543. The van der Waals surface area contributed by atoms with Crippen molar-refractivity contribution in [2.45, 2.75) is 58.0 Å². The summed E-state index contributed by atoms with van der Waals surface area (Å²) in [6, 6.07) is 5.03. The number of ether oxygens (including phenoxy) is 3. The fraction of sp³-hybridized carbons (Fsp3) is 0.619. The van der Waals surface area contributed by atoms with Crippen molar-refractivity contribution >= 4 is 17.6 Å². The summed E-state index contributed by atoms with van der Waals surface area (Å²) in [4.78, 5) is 25.1. The molecule has 1 aromatic carbocycles. The lowest BCUT2D eigenvalue weighted by Gasteiger charge is -2.37. The van der Waals surface area contributed by atoms with E-state index in [1.54, 1.807) is 25.3 Å². The maximum atomic E-state index is 12.9. The van der Waals surface area contributed by atoms with Crippen LogP contribution in [0.25, 0.3) is 0 Å². The summed E-state index contributed by atoms with van der Waals surface area (Å²) in [6.45, 7) is 4.73. The van der Waals surface area contributed by atoms with Crippen LogP contribution in [0.15, 0.2) is 18.2 Å². The van der Waals surface area contributed by atoms with E-state index in [1.807, 2.05) is 0 Å². The summed E-state index contributed by atoms with van der Waals surface area (Å²) in [7, 11) is 2.91. The SMILES string of the molecule is CCCCOc1ccc(NC(=O)[C@@]2(OC)CCC[C@H](C)C2)cc1C(=O)OC. The lowest BCUT2D eigenvalue weighted by molar-refractivity contribution is -0.143. The van der Waals surface area contributed by atoms with Crippen LogP contribution in [-0.4, -0.2) is 38.3 Å². The number of nitrogens with one attached hydrogen (secondary N) is 1. The van der Waals surface area contributed by atoms with E-state index in [4.69, 9.17) is 14.2 Å². The number of carbonyl (C=O) groups excluding carboxylic acids is 2. The third-order valence-corrected chi connectivity index (χ3v) is 5.16. The maximum Gasteiger partial charge on any atom is 0.341 e. The lowest BCUT2D eigenvalue weighted by Crippen LogP contribution is -2.47. The minimum absolute atomic E-state index is 0.174. The fourth-order valence-corrected chi connectivity index (χ4v) is 3.56. The molecule has 1 amide bonds. The van der Waals surface area contributed by atoms with E-state index in [9.17, 15) is 9.59 Å². The van der Waals surface area contributed by atoms with Gasteiger partial charge in [0.05, 0.1) is 13.7 Å². The summed E-state index contributed by atoms with van der Waals surface area (Å²) >= 11 is 0. The standard InChI is InChI=1S/C21H31NO5/c1-5-6-12-27-18-10-9-16(13-17(18)19(23)25-3)22-20(24)21(26-4)11-7-8-15(2)14-21/h9-10,13,15H,5-8,11-12,14H2,1-4H3,(H,22,24)/t15-,21+/m0/s1. The van der Waals surface area contributed by atoms with Gasteiger partial charge in [0.15, 0.2) is 0 Å². The number of methoxy groups -OCH3 is 2. The molecule has 0 heterocycles. The first kappa shape index (κ1) is 21.2. The smallest absolute Gasteiger partial charge is 0.341 e. The van der Waals surface area contributed by atoms with Gasteiger partial charge in [-0.25, -0.2) is 4.79 Å². The fourth-order valence-electron chi connectivity index (χ4n) is 3.56. The van der Waals surface area contributed by atoms with Gasteiger partial charge < -0.3 is 19.5 Å². The molecule has 1 aliphatic rings. The zero-order valence-electron chi connectivity index (χ0n) is 16.8. The number of hydrogen-bond acceptors (Lipinski definition) is 5. The Kier molecular flexibility index (Phi) is 7.66. The first-order valence-corrected chi connectivity index (χ1v) is 9.67. The van der Waals surface area contributed by atoms with Gasteiger partial charge in [0.1, 0.15) is 16.9 Å². The second kappa shape index (κ2) is 9.74. The minimum atomic E-state index is -0.820. The van der Waals surface area contributed by atoms with Crippen LogP contribution in [0.2, 0.25) is 0 Å². The lowest BCUT2D eigenvalue weighted by atomic mass is 9.78. The van der Waals surface area contributed by atoms with Gasteiger partial charge >= 0.3 is 5.97 Å². The summed E-state index contributed by atoms with van der Waals surface area (Å²) in [5.74, 6) is 0.225. The van der Waals surface area contributed by atoms with Gasteiger partial charge in [-0.2, -0.15) is 0 Å². The molecule has 6 nitrogen and oxygen atoms in total. The van der Waals surface area contributed by atoms with Gasteiger partial charge in [0.2, 0.25) is 0 Å². The highest BCUT2D eigenvalue weighted by atomic mass is 16.5. The van der Waals surface area contributed by atoms with Gasteiger partial charge in [0, 0.05) is 12.8 Å². The average molecular weight is 377 g/mol. The van der Waals surface area contributed by atoms with Gasteiger partial charge in [-0.3, -0.25) is 4.79 Å². The Labute approximate surface area is 161 Å². The number of esters is 1. The summed E-state index contributed by atoms with van der Waals surface area (Å²) in [6.07, 6.45) is 5.35. The number of unbranched alkanes of at least 4 members (excludes halogenated alkanes) is 1. The molecule has 1 aromatic rings. The number of anilines is 1. The Balaban J connectivity index is 2.19. The molecule has 0 saturated heterocycles. The molecule has 6 heteroatoms. The molecular formula is C21H31NO5. The van der Waals surface area contributed by atoms with E-state index >= 15 is 0 Å². The van der Waals surface area contributed by atoms with Crippen LogP contribution < -0.4 is 10.1 Å². The van der Waals surface area contributed by atoms with Crippen molar-refractivity contribution in [1.29, 1.82) is 0 Å². The molecule has 1 N–H and O–H groups in total. The molecule has 0 bridgehead atoms. The highest BCUT2D eigenvalue weighted by Crippen LogP contribution is 2.36. The number of carbonyl (C=O) groups is 2. The Morgan fingerprint density at radius 3 is 2.70 bits per heavy atom. The van der Waals surface area contributed by atoms with E-state index in [1.165, 1.54) is 7.11 Å². The van der Waals surface area contributed by atoms with E-state index in [-0.39, 0.29) is 5.91 Å². The van der Waals surface area contributed by atoms with Crippen LogP contribution in [0.3, 0.4) is 0 Å². The minimum Gasteiger partial charge on any atom is -0.493 e. The highest BCUT2D eigenvalue weighted by Gasteiger charge is 2.42. The van der Waals surface area contributed by atoms with E-state index in [2.05, 4.69) is 19.2 Å². The molecule has 0 spiro atoms. The topological polar surface area (TPSA) is 73.9 Å². The summed E-state index contributed by atoms with van der Waals surface area (Å²) < 4.78 is 16.2. The van der Waals surface area contributed by atoms with E-state index in [0.717, 1.165) is 25.7 Å². The van der Waals surface area contributed by atoms with Crippen LogP contribution in [0, 0.1) is 5.92 Å². The van der Waals surface area contributed by atoms with E-state index in [0.29, 0.717) is 42.4 Å². The number of hydrogen-bond donors (Lipinski definition) is 1. The third-order valence-electron chi connectivity index (χ3n) is 5.16. The monoisotopic (exact) mass is 377 g/mol. The molecule has 0 aliphatic heterocycles. The Morgan fingerprint density at radius 1 is 1.30 bits per heavy atom. The molecule has 0 radical (unpaired) electrons. The van der Waals surface area contributed by atoms with Crippen molar-refractivity contribution in [1.82, 2.24) is 0 Å². The normalized spacial score (nSPS) is 22.1.